The lowest BCUT2D eigenvalue weighted by molar-refractivity contribution is -0.134. The second-order valence-corrected chi connectivity index (χ2v) is 7.35. The van der Waals surface area contributed by atoms with Gasteiger partial charge in [0, 0.05) is 17.4 Å². The molecule has 2 N–H and O–H groups in total. The van der Waals surface area contributed by atoms with Crippen LogP contribution in [0.15, 0.2) is 30.3 Å². The molecule has 2 aliphatic heterocycles. The van der Waals surface area contributed by atoms with Crippen LogP contribution in [0.4, 0.5) is 5.69 Å². The van der Waals surface area contributed by atoms with Gasteiger partial charge in [-0.15, -0.1) is 0 Å². The molecule has 0 radical (unpaired) electrons. The van der Waals surface area contributed by atoms with Crippen LogP contribution in [0.2, 0.25) is 0 Å². The van der Waals surface area contributed by atoms with Gasteiger partial charge in [0.25, 0.3) is 5.91 Å². The number of anilines is 1. The molecule has 0 spiro atoms. The van der Waals surface area contributed by atoms with Crippen LogP contribution in [-0.2, 0) is 19.9 Å². The van der Waals surface area contributed by atoms with Crippen molar-refractivity contribution in [3.05, 3.63) is 41.5 Å². The summed E-state index contributed by atoms with van der Waals surface area (Å²) >= 11 is 0. The lowest BCUT2D eigenvalue weighted by Gasteiger charge is -2.30. The van der Waals surface area contributed by atoms with Gasteiger partial charge >= 0.3 is 0 Å². The second kappa shape index (κ2) is 5.39. The van der Waals surface area contributed by atoms with E-state index in [0.717, 1.165) is 35.6 Å². The minimum Gasteiger partial charge on any atom is -0.349 e. The molecule has 1 aliphatic carbocycles. The first-order chi connectivity index (χ1) is 13.1. The maximum absolute atomic E-state index is 13.1. The molecule has 1 unspecified atom stereocenters. The molecule has 5 rings (SSSR count). The fraction of sp³-hybridized carbons (Fsp3) is 0.300. The van der Waals surface area contributed by atoms with Crippen molar-refractivity contribution in [2.24, 2.45) is 0 Å². The summed E-state index contributed by atoms with van der Waals surface area (Å²) in [5.74, 6) is -0.974. The van der Waals surface area contributed by atoms with Gasteiger partial charge in [-0.05, 0) is 42.3 Å². The van der Waals surface area contributed by atoms with Crippen molar-refractivity contribution in [1.82, 2.24) is 10.6 Å². The quantitative estimate of drug-likeness (QED) is 0.633. The smallest absolute Gasteiger partial charge is 0.259 e. The molecule has 136 valence electrons. The van der Waals surface area contributed by atoms with Gasteiger partial charge in [0.2, 0.25) is 18.2 Å². The van der Waals surface area contributed by atoms with Crippen molar-refractivity contribution < 1.29 is 19.2 Å². The Kier molecular flexibility index (Phi) is 3.19. The summed E-state index contributed by atoms with van der Waals surface area (Å²) in [4.78, 5) is 49.5. The van der Waals surface area contributed by atoms with Crippen LogP contribution in [0.1, 0.15) is 41.6 Å². The molecule has 2 aromatic carbocycles. The highest BCUT2D eigenvalue weighted by atomic mass is 16.2. The standard InChI is InChI=1S/C20H17N3O4/c24-10-21-20(8-9-20)13-4-5-14-17-11(13)2-1-3-12(17)19(27)23(14)15-6-7-16(25)22-18(15)26/h1-5,10,15H,6-9H2,(H,21,24)(H,22,25,26). The first-order valence-corrected chi connectivity index (χ1v) is 9.00. The Bertz CT molecular complexity index is 1040. The molecule has 2 fully saturated rings. The first kappa shape index (κ1) is 16.0. The van der Waals surface area contributed by atoms with Gasteiger partial charge in [0.05, 0.1) is 11.2 Å². The highest BCUT2D eigenvalue weighted by Crippen LogP contribution is 2.50. The lowest BCUT2D eigenvalue weighted by Crippen LogP contribution is -2.53. The molecule has 1 saturated heterocycles. The Morgan fingerprint density at radius 1 is 1.15 bits per heavy atom. The number of benzene rings is 2. The number of nitrogens with zero attached hydrogens (tertiary/aromatic N) is 1. The number of carbonyl (C=O) groups is 4. The summed E-state index contributed by atoms with van der Waals surface area (Å²) < 4.78 is 0. The van der Waals surface area contributed by atoms with Gasteiger partial charge in [-0.1, -0.05) is 18.2 Å². The van der Waals surface area contributed by atoms with E-state index in [9.17, 15) is 19.2 Å². The van der Waals surface area contributed by atoms with Crippen molar-refractivity contribution in [2.75, 3.05) is 4.90 Å². The number of imide groups is 1. The number of carbonyl (C=O) groups excluding carboxylic acids is 4. The zero-order chi connectivity index (χ0) is 18.8. The molecule has 1 atom stereocenters. The maximum atomic E-state index is 13.1. The summed E-state index contributed by atoms with van der Waals surface area (Å²) in [6.45, 7) is 0. The molecule has 0 bridgehead atoms. The lowest BCUT2D eigenvalue weighted by atomic mass is 9.94. The maximum Gasteiger partial charge on any atom is 0.259 e. The molecule has 3 aliphatic rings. The molecular formula is C20H17N3O4. The zero-order valence-electron chi connectivity index (χ0n) is 14.5. The van der Waals surface area contributed by atoms with Gasteiger partial charge in [-0.25, -0.2) is 0 Å². The van der Waals surface area contributed by atoms with Crippen LogP contribution in [0.25, 0.3) is 10.8 Å². The Balaban J connectivity index is 1.66. The van der Waals surface area contributed by atoms with E-state index in [1.165, 1.54) is 4.90 Å². The van der Waals surface area contributed by atoms with Crippen molar-refractivity contribution in [3.8, 4) is 0 Å². The molecule has 4 amide bonds. The number of amides is 4. The number of hydrogen-bond acceptors (Lipinski definition) is 4. The van der Waals surface area contributed by atoms with E-state index in [0.29, 0.717) is 17.7 Å². The minimum atomic E-state index is -0.695. The molecular weight excluding hydrogens is 346 g/mol. The van der Waals surface area contributed by atoms with Crippen molar-refractivity contribution in [3.63, 3.8) is 0 Å². The average Bonchev–Trinajstić information content (AvgIpc) is 3.37. The summed E-state index contributed by atoms with van der Waals surface area (Å²) in [5.41, 5.74) is 1.86. The van der Waals surface area contributed by atoms with Crippen LogP contribution >= 0.6 is 0 Å². The second-order valence-electron chi connectivity index (χ2n) is 7.35. The Morgan fingerprint density at radius 3 is 2.67 bits per heavy atom. The normalized spacial score (nSPS) is 22.7. The van der Waals surface area contributed by atoms with E-state index in [2.05, 4.69) is 10.6 Å². The van der Waals surface area contributed by atoms with Crippen LogP contribution in [-0.4, -0.2) is 30.2 Å². The van der Waals surface area contributed by atoms with Crippen molar-refractivity contribution in [2.45, 2.75) is 37.3 Å². The molecule has 7 nitrogen and oxygen atoms in total. The predicted molar refractivity (Wildman–Crippen MR) is 97.0 cm³/mol. The van der Waals surface area contributed by atoms with Gasteiger partial charge in [0.15, 0.2) is 0 Å². The number of hydrogen-bond donors (Lipinski definition) is 2. The predicted octanol–water partition coefficient (Wildman–Crippen LogP) is 1.34. The van der Waals surface area contributed by atoms with Gasteiger partial charge in [-0.3, -0.25) is 29.4 Å². The summed E-state index contributed by atoms with van der Waals surface area (Å²) in [7, 11) is 0. The topological polar surface area (TPSA) is 95.6 Å². The largest absolute Gasteiger partial charge is 0.349 e. The van der Waals surface area contributed by atoms with E-state index in [1.807, 2.05) is 24.3 Å². The molecule has 7 heteroatoms. The molecule has 0 aromatic heterocycles. The van der Waals surface area contributed by atoms with Gasteiger partial charge in [-0.2, -0.15) is 0 Å². The summed E-state index contributed by atoms with van der Waals surface area (Å²) in [6, 6.07) is 8.63. The van der Waals surface area contributed by atoms with E-state index in [4.69, 9.17) is 0 Å². The van der Waals surface area contributed by atoms with E-state index in [-0.39, 0.29) is 23.8 Å². The van der Waals surface area contributed by atoms with E-state index in [1.54, 1.807) is 6.07 Å². The Morgan fingerprint density at radius 2 is 1.96 bits per heavy atom. The van der Waals surface area contributed by atoms with Crippen LogP contribution < -0.4 is 15.5 Å². The minimum absolute atomic E-state index is 0.212. The monoisotopic (exact) mass is 363 g/mol. The van der Waals surface area contributed by atoms with Gasteiger partial charge in [0.1, 0.15) is 6.04 Å². The zero-order valence-corrected chi connectivity index (χ0v) is 14.5. The third-order valence-electron chi connectivity index (χ3n) is 5.85. The molecule has 27 heavy (non-hydrogen) atoms. The Labute approximate surface area is 154 Å². The third-order valence-corrected chi connectivity index (χ3v) is 5.85. The highest BCUT2D eigenvalue weighted by molar-refractivity contribution is 6.27. The van der Waals surface area contributed by atoms with Gasteiger partial charge < -0.3 is 5.32 Å². The highest BCUT2D eigenvalue weighted by Gasteiger charge is 2.47. The first-order valence-electron chi connectivity index (χ1n) is 9.00. The van der Waals surface area contributed by atoms with Crippen LogP contribution in [0.5, 0.6) is 0 Å². The summed E-state index contributed by atoms with van der Waals surface area (Å²) in [6.07, 6.45) is 2.95. The fourth-order valence-electron chi connectivity index (χ4n) is 4.39. The molecule has 1 saturated carbocycles. The Hall–Kier alpha value is -3.22. The van der Waals surface area contributed by atoms with Crippen LogP contribution in [0.3, 0.4) is 0 Å². The number of piperidine rings is 1. The van der Waals surface area contributed by atoms with E-state index < -0.39 is 11.9 Å². The van der Waals surface area contributed by atoms with Crippen molar-refractivity contribution in [1.29, 1.82) is 0 Å². The third kappa shape index (κ3) is 2.14. The fourth-order valence-corrected chi connectivity index (χ4v) is 4.39. The molecule has 2 aromatic rings. The van der Waals surface area contributed by atoms with E-state index >= 15 is 0 Å². The molecule has 2 heterocycles. The van der Waals surface area contributed by atoms with Crippen molar-refractivity contribution >= 4 is 40.6 Å². The van der Waals surface area contributed by atoms with Crippen LogP contribution in [0, 0.1) is 0 Å². The SMILES string of the molecule is O=CNC1(c2ccc3c4c(cccc24)C(=O)N3C2CCC(=O)NC2=O)CC1. The summed E-state index contributed by atoms with van der Waals surface area (Å²) in [5, 5.41) is 6.97. The number of nitrogens with one attached hydrogen (secondary N) is 2. The average molecular weight is 363 g/mol. The number of rotatable bonds is 4.